The molecule has 0 fully saturated rings. The molecule has 0 saturated heterocycles. The van der Waals surface area contributed by atoms with Crippen molar-refractivity contribution in [2.75, 3.05) is 4.90 Å². The average molecular weight is 625 g/mol. The smallest absolute Gasteiger partial charge is 0.0645 e. The third-order valence-corrected chi connectivity index (χ3v) is 9.43. The van der Waals surface area contributed by atoms with Crippen LogP contribution in [0.15, 0.2) is 176 Å². The molecule has 48 heavy (non-hydrogen) atoms. The lowest BCUT2D eigenvalue weighted by Crippen LogP contribution is -2.16. The van der Waals surface area contributed by atoms with Gasteiger partial charge in [0.1, 0.15) is 0 Å². The zero-order valence-electron chi connectivity index (χ0n) is 37.3. The molecule has 1 aliphatic rings. The van der Waals surface area contributed by atoms with E-state index in [0.717, 1.165) is 44.2 Å². The first-order valence-electron chi connectivity index (χ1n) is 21.4. The maximum atomic E-state index is 9.63. The molecule has 0 saturated carbocycles. The second-order valence-corrected chi connectivity index (χ2v) is 12.5. The van der Waals surface area contributed by atoms with E-state index in [0.29, 0.717) is 5.56 Å². The highest BCUT2D eigenvalue weighted by molar-refractivity contribution is 6.00. The molecule has 0 unspecified atom stereocenters. The standard InChI is InChI=1S/C47H35N/c1-47(2)44-22-8-7-20-42(44)43-29-28-38(31-45(43)47)48(46-23-11-15-34-13-4-6-19-41(34)46)37-26-24-32(25-27-37)35-16-9-17-36(30-35)40-21-10-14-33-12-3-5-18-39(33)40/h3-31H,1-2H3/i4D,6D,11D,13D,15D,19D,23D,24D,25D,26D,27D. The highest BCUT2D eigenvalue weighted by Crippen LogP contribution is 2.51. The van der Waals surface area contributed by atoms with Crippen molar-refractivity contribution < 1.29 is 15.1 Å². The van der Waals surface area contributed by atoms with E-state index in [1.807, 2.05) is 91.0 Å². The third kappa shape index (κ3) is 4.54. The summed E-state index contributed by atoms with van der Waals surface area (Å²) in [7, 11) is 0. The molecule has 1 heteroatoms. The molecule has 0 radical (unpaired) electrons. The number of rotatable bonds is 5. The van der Waals surface area contributed by atoms with Crippen molar-refractivity contribution in [3.63, 3.8) is 0 Å². The van der Waals surface area contributed by atoms with E-state index in [4.69, 9.17) is 8.22 Å². The second kappa shape index (κ2) is 11.1. The predicted molar refractivity (Wildman–Crippen MR) is 205 cm³/mol. The molecular formula is C47H35N. The number of nitrogens with zero attached hydrogens (tertiary/aromatic N) is 1. The molecule has 0 atom stereocenters. The Morgan fingerprint density at radius 1 is 0.458 bits per heavy atom. The number of fused-ring (bicyclic) bond motifs is 5. The van der Waals surface area contributed by atoms with E-state index in [2.05, 4.69) is 19.9 Å². The number of anilines is 3. The van der Waals surface area contributed by atoms with Crippen molar-refractivity contribution >= 4 is 38.6 Å². The van der Waals surface area contributed by atoms with E-state index < -0.39 is 59.8 Å². The minimum absolute atomic E-state index is 0.0527. The lowest BCUT2D eigenvalue weighted by Gasteiger charge is -2.29. The number of benzene rings is 8. The van der Waals surface area contributed by atoms with E-state index in [-0.39, 0.29) is 45.5 Å². The van der Waals surface area contributed by atoms with Crippen LogP contribution >= 0.6 is 0 Å². The van der Waals surface area contributed by atoms with Crippen molar-refractivity contribution in [2.24, 2.45) is 0 Å². The maximum Gasteiger partial charge on any atom is 0.0645 e. The van der Waals surface area contributed by atoms with Gasteiger partial charge >= 0.3 is 0 Å². The molecule has 228 valence electrons. The third-order valence-electron chi connectivity index (χ3n) is 9.43. The SMILES string of the molecule is [2H]c1c([2H])c(N(c2ccc3c(c2)C(C)(C)c2ccccc2-3)c2c([2H])c([2H])c([2H])c3c([2H])c([2H])c([2H])c([2H])c23)c([2H])c([2H])c1-c1cccc(-c2cccc3ccccc23)c1. The molecular weight excluding hydrogens is 579 g/mol. The topological polar surface area (TPSA) is 3.24 Å². The van der Waals surface area contributed by atoms with Crippen LogP contribution in [0, 0.1) is 0 Å². The van der Waals surface area contributed by atoms with Crippen LogP contribution in [0.4, 0.5) is 17.1 Å². The molecule has 8 aromatic rings. The van der Waals surface area contributed by atoms with Gasteiger partial charge in [0.2, 0.25) is 0 Å². The Morgan fingerprint density at radius 2 is 1.17 bits per heavy atom. The van der Waals surface area contributed by atoms with Gasteiger partial charge in [0, 0.05) is 22.2 Å². The Bertz CT molecular complexity index is 3080. The predicted octanol–water partition coefficient (Wildman–Crippen LogP) is 13.1. The lowest BCUT2D eigenvalue weighted by atomic mass is 9.82. The van der Waals surface area contributed by atoms with Gasteiger partial charge in [0.05, 0.1) is 20.8 Å². The molecule has 0 bridgehead atoms. The summed E-state index contributed by atoms with van der Waals surface area (Å²) < 4.78 is 100. The fourth-order valence-corrected chi connectivity index (χ4v) is 7.05. The van der Waals surface area contributed by atoms with E-state index in [9.17, 15) is 6.85 Å². The van der Waals surface area contributed by atoms with Crippen LogP contribution in [0.3, 0.4) is 0 Å². The molecule has 0 aliphatic heterocycles. The Balaban J connectivity index is 1.34. The Kier molecular flexibility index (Phi) is 4.40. The van der Waals surface area contributed by atoms with Gasteiger partial charge in [0.15, 0.2) is 0 Å². The van der Waals surface area contributed by atoms with Crippen LogP contribution in [-0.2, 0) is 5.41 Å². The first-order valence-corrected chi connectivity index (χ1v) is 15.9. The largest absolute Gasteiger partial charge is 0.310 e. The molecule has 9 rings (SSSR count). The maximum absolute atomic E-state index is 9.63. The molecule has 0 heterocycles. The second-order valence-electron chi connectivity index (χ2n) is 12.5. The van der Waals surface area contributed by atoms with Crippen LogP contribution in [-0.4, -0.2) is 0 Å². The van der Waals surface area contributed by atoms with Gasteiger partial charge in [-0.25, -0.2) is 0 Å². The van der Waals surface area contributed by atoms with Gasteiger partial charge in [-0.1, -0.05) is 153 Å². The Morgan fingerprint density at radius 3 is 2.08 bits per heavy atom. The summed E-state index contributed by atoms with van der Waals surface area (Å²) in [5.41, 5.74) is 5.41. The Hall–Kier alpha value is -5.92. The lowest BCUT2D eigenvalue weighted by molar-refractivity contribution is 0.660. The molecule has 1 nitrogen and oxygen atoms in total. The van der Waals surface area contributed by atoms with Gasteiger partial charge in [-0.3, -0.25) is 0 Å². The minimum Gasteiger partial charge on any atom is -0.310 e. The van der Waals surface area contributed by atoms with Gasteiger partial charge in [-0.2, -0.15) is 0 Å². The summed E-state index contributed by atoms with van der Waals surface area (Å²) in [6.07, 6.45) is 0. The van der Waals surface area contributed by atoms with Crippen LogP contribution in [0.1, 0.15) is 40.1 Å². The van der Waals surface area contributed by atoms with Gasteiger partial charge in [0.25, 0.3) is 0 Å². The number of hydrogen-bond donors (Lipinski definition) is 0. The van der Waals surface area contributed by atoms with E-state index in [1.165, 1.54) is 4.90 Å². The molecule has 0 spiro atoms. The highest BCUT2D eigenvalue weighted by atomic mass is 15.1. The average Bonchev–Trinajstić information content (AvgIpc) is 3.47. The minimum atomic E-state index is -0.619. The zero-order chi connectivity index (χ0) is 41.8. The Labute approximate surface area is 297 Å². The van der Waals surface area contributed by atoms with Crippen molar-refractivity contribution in [3.8, 4) is 33.4 Å². The van der Waals surface area contributed by atoms with Crippen LogP contribution in [0.2, 0.25) is 0 Å². The molecule has 1 aliphatic carbocycles. The van der Waals surface area contributed by atoms with Crippen molar-refractivity contribution in [1.29, 1.82) is 0 Å². The van der Waals surface area contributed by atoms with Crippen molar-refractivity contribution in [1.82, 2.24) is 0 Å². The fraction of sp³-hybridized carbons (Fsp3) is 0.0638. The summed E-state index contributed by atoms with van der Waals surface area (Å²) in [6.45, 7) is 4.14. The normalized spacial score (nSPS) is 16.2. The fourth-order valence-electron chi connectivity index (χ4n) is 7.05. The van der Waals surface area contributed by atoms with Gasteiger partial charge < -0.3 is 4.90 Å². The quantitative estimate of drug-likeness (QED) is 0.184. The summed E-state index contributed by atoms with van der Waals surface area (Å²) >= 11 is 0. The summed E-state index contributed by atoms with van der Waals surface area (Å²) in [4.78, 5) is 1.32. The van der Waals surface area contributed by atoms with Crippen LogP contribution in [0.25, 0.3) is 54.9 Å². The zero-order valence-corrected chi connectivity index (χ0v) is 26.3. The molecule has 0 N–H and O–H groups in total. The van der Waals surface area contributed by atoms with E-state index >= 15 is 0 Å². The molecule has 0 aromatic heterocycles. The molecule has 0 amide bonds. The summed E-state index contributed by atoms with van der Waals surface area (Å²) in [5, 5.41) is 1.53. The van der Waals surface area contributed by atoms with Crippen LogP contribution in [0.5, 0.6) is 0 Å². The highest BCUT2D eigenvalue weighted by Gasteiger charge is 2.35. The summed E-state index contributed by atoms with van der Waals surface area (Å²) in [6, 6.07) is 29.0. The van der Waals surface area contributed by atoms with Crippen molar-refractivity contribution in [2.45, 2.75) is 19.3 Å². The van der Waals surface area contributed by atoms with Gasteiger partial charge in [-0.15, -0.1) is 0 Å². The first kappa shape index (κ1) is 19.0. The van der Waals surface area contributed by atoms with Gasteiger partial charge in [-0.05, 0) is 97.0 Å². The first-order chi connectivity index (χ1) is 28.1. The number of hydrogen-bond acceptors (Lipinski definition) is 1. The van der Waals surface area contributed by atoms with E-state index in [1.54, 1.807) is 12.1 Å². The monoisotopic (exact) mass is 624 g/mol. The molecule has 8 aromatic carbocycles. The summed E-state index contributed by atoms with van der Waals surface area (Å²) in [5.74, 6) is 0. The van der Waals surface area contributed by atoms with Crippen molar-refractivity contribution in [3.05, 3.63) is 187 Å². The van der Waals surface area contributed by atoms with Crippen LogP contribution < -0.4 is 4.90 Å².